The van der Waals surface area contributed by atoms with Crippen LogP contribution >= 0.6 is 0 Å². The highest BCUT2D eigenvalue weighted by Crippen LogP contribution is 2.40. The Morgan fingerprint density at radius 2 is 2.27 bits per heavy atom. The fourth-order valence-electron chi connectivity index (χ4n) is 5.11. The minimum Gasteiger partial charge on any atom is -0.504 e. The molecule has 1 aromatic carbocycles. The predicted molar refractivity (Wildman–Crippen MR) is 105 cm³/mol. The zero-order chi connectivity index (χ0) is 19.2. The third-order valence-corrected chi connectivity index (χ3v) is 6.43. The molecule has 0 saturated carbocycles. The second-order valence-corrected chi connectivity index (χ2v) is 7.72. The maximum atomic E-state index is 9.56. The van der Waals surface area contributed by atoms with Crippen molar-refractivity contribution in [2.75, 3.05) is 27.3 Å². The number of methoxy groups -OCH3 is 2. The molecule has 2 aromatic rings. The molecule has 4 rings (SSSR count). The van der Waals surface area contributed by atoms with Crippen LogP contribution in [0.5, 0.6) is 5.75 Å². The molecule has 4 atom stereocenters. The lowest BCUT2D eigenvalue weighted by atomic mass is 9.74. The first-order valence-corrected chi connectivity index (χ1v) is 9.76. The number of quaternary nitrogens is 1. The molecule has 0 radical (unpaired) electrons. The van der Waals surface area contributed by atoms with Gasteiger partial charge in [0, 0.05) is 29.7 Å². The number of hydrogen-bond acceptors (Lipinski definition) is 2. The van der Waals surface area contributed by atoms with Crippen LogP contribution < -0.4 is 9.64 Å². The third kappa shape index (κ3) is 2.71. The van der Waals surface area contributed by atoms with Crippen LogP contribution in [0.4, 0.5) is 0 Å². The highest BCUT2D eigenvalue weighted by molar-refractivity contribution is 5.90. The third-order valence-electron chi connectivity index (χ3n) is 6.43. The quantitative estimate of drug-likeness (QED) is 0.826. The summed E-state index contributed by atoms with van der Waals surface area (Å²) in [6.45, 7) is 6.49. The van der Waals surface area contributed by atoms with Crippen molar-refractivity contribution in [1.29, 1.82) is 0 Å². The first-order valence-electron chi connectivity index (χ1n) is 10.3. The molecule has 2 aliphatic heterocycles. The molecule has 1 fully saturated rings. The molecule has 1 aromatic heterocycles. The zero-order valence-electron chi connectivity index (χ0n) is 17.3. The van der Waals surface area contributed by atoms with Gasteiger partial charge in [0.15, 0.2) is 0 Å². The van der Waals surface area contributed by atoms with Crippen LogP contribution in [0.1, 0.15) is 45.3 Å². The van der Waals surface area contributed by atoms with Gasteiger partial charge < -0.3 is 19.4 Å². The fourth-order valence-corrected chi connectivity index (χ4v) is 5.11. The van der Waals surface area contributed by atoms with Crippen LogP contribution in [0, 0.1) is 11.8 Å². The number of nitrogens with one attached hydrogen (secondary N) is 2. The van der Waals surface area contributed by atoms with E-state index in [0.717, 1.165) is 49.3 Å². The fraction of sp³-hybridized carbons (Fsp3) is 0.545. The Bertz CT molecular complexity index is 875. The highest BCUT2D eigenvalue weighted by Gasteiger charge is 2.43. The Hall–Kier alpha value is -1.94. The average molecular weight is 357 g/mol. The van der Waals surface area contributed by atoms with E-state index in [1.807, 2.05) is 18.4 Å². The molecule has 26 heavy (non-hydrogen) atoms. The van der Waals surface area contributed by atoms with Crippen molar-refractivity contribution >= 4 is 10.9 Å². The lowest BCUT2D eigenvalue weighted by Gasteiger charge is -2.43. The van der Waals surface area contributed by atoms with E-state index in [9.17, 15) is 1.37 Å². The van der Waals surface area contributed by atoms with Crippen LogP contribution in [0.15, 0.2) is 30.0 Å². The molecule has 3 heterocycles. The number of piperidine rings is 1. The van der Waals surface area contributed by atoms with Crippen molar-refractivity contribution in [1.82, 2.24) is 4.98 Å². The van der Waals surface area contributed by atoms with Gasteiger partial charge in [-0.05, 0) is 42.5 Å². The van der Waals surface area contributed by atoms with E-state index in [4.69, 9.17) is 9.47 Å². The number of aromatic amines is 1. The molecular weight excluding hydrogens is 324 g/mol. The van der Waals surface area contributed by atoms with Gasteiger partial charge in [0.2, 0.25) is 0 Å². The van der Waals surface area contributed by atoms with E-state index in [1.165, 1.54) is 21.4 Å². The Balaban J connectivity index is 1.82. The predicted octanol–water partition coefficient (Wildman–Crippen LogP) is 3.25. The van der Waals surface area contributed by atoms with Gasteiger partial charge in [-0.15, -0.1) is 0 Å². The summed E-state index contributed by atoms with van der Waals surface area (Å²) in [5.41, 5.74) is 4.72. The van der Waals surface area contributed by atoms with Crippen molar-refractivity contribution < 1.29 is 15.7 Å². The van der Waals surface area contributed by atoms with E-state index < -0.39 is 6.02 Å². The maximum Gasteiger partial charge on any atom is 0.129 e. The summed E-state index contributed by atoms with van der Waals surface area (Å²) >= 11 is 0. The lowest BCUT2D eigenvalue weighted by Crippen LogP contribution is -3.15. The molecule has 140 valence electrons. The molecule has 0 amide bonds. The first-order chi connectivity index (χ1) is 13.0. The lowest BCUT2D eigenvalue weighted by molar-refractivity contribution is -0.944. The largest absolute Gasteiger partial charge is 0.504 e. The second-order valence-electron chi connectivity index (χ2n) is 7.72. The molecule has 1 unspecified atom stereocenters. The van der Waals surface area contributed by atoms with E-state index in [2.05, 4.69) is 24.9 Å². The minimum atomic E-state index is -0.642. The summed E-state index contributed by atoms with van der Waals surface area (Å²) in [6, 6.07) is 5.50. The zero-order valence-corrected chi connectivity index (χ0v) is 16.3. The van der Waals surface area contributed by atoms with Crippen LogP contribution in [0.3, 0.4) is 0 Å². The van der Waals surface area contributed by atoms with Crippen molar-refractivity contribution in [2.24, 2.45) is 11.8 Å². The van der Waals surface area contributed by atoms with Crippen LogP contribution in [0.25, 0.3) is 10.9 Å². The molecule has 0 bridgehead atoms. The Kier molecular flexibility index (Phi) is 4.37. The molecule has 1 saturated heterocycles. The van der Waals surface area contributed by atoms with Gasteiger partial charge in [-0.3, -0.25) is 0 Å². The van der Waals surface area contributed by atoms with Gasteiger partial charge in [0.1, 0.15) is 13.1 Å². The van der Waals surface area contributed by atoms with Crippen LogP contribution in [-0.2, 0) is 11.2 Å². The van der Waals surface area contributed by atoms with Crippen molar-refractivity contribution in [2.45, 2.75) is 39.1 Å². The summed E-state index contributed by atoms with van der Waals surface area (Å²) in [4.78, 5) is 5.01. The van der Waals surface area contributed by atoms with Gasteiger partial charge in [0.05, 0.1) is 39.3 Å². The minimum absolute atomic E-state index is 0.385. The number of hydrogen-bond donors (Lipinski definition) is 2. The first kappa shape index (κ1) is 16.2. The monoisotopic (exact) mass is 356 g/mol. The number of allylic oxidation sites excluding steroid dienone is 1. The Morgan fingerprint density at radius 3 is 3.00 bits per heavy atom. The Morgan fingerprint density at radius 1 is 1.42 bits per heavy atom. The molecule has 2 N–H and O–H groups in total. The average Bonchev–Trinajstić information content (AvgIpc) is 3.07. The van der Waals surface area contributed by atoms with Crippen molar-refractivity contribution in [3.63, 3.8) is 0 Å². The number of fused-ring (bicyclic) bond motifs is 5. The van der Waals surface area contributed by atoms with Crippen molar-refractivity contribution in [3.05, 3.63) is 41.3 Å². The number of aromatic nitrogens is 1. The van der Waals surface area contributed by atoms with Crippen LogP contribution in [0.2, 0.25) is 0 Å². The topological polar surface area (TPSA) is 38.7 Å². The van der Waals surface area contributed by atoms with Gasteiger partial charge in [-0.2, -0.15) is 0 Å². The molecule has 0 spiro atoms. The van der Waals surface area contributed by atoms with Gasteiger partial charge >= 0.3 is 0 Å². The normalized spacial score (nSPS) is 31.9. The molecule has 4 nitrogen and oxygen atoms in total. The number of rotatable bonds is 4. The molecule has 2 aliphatic rings. The summed E-state index contributed by atoms with van der Waals surface area (Å²) in [7, 11) is 3.44. The molecule has 4 heteroatoms. The smallest absolute Gasteiger partial charge is 0.129 e. The summed E-state index contributed by atoms with van der Waals surface area (Å²) in [5.74, 6) is 1.90. The highest BCUT2D eigenvalue weighted by atomic mass is 16.5. The van der Waals surface area contributed by atoms with Gasteiger partial charge in [-0.25, -0.2) is 0 Å². The molecular formula is C22H31N2O2+. The van der Waals surface area contributed by atoms with E-state index in [1.54, 1.807) is 14.2 Å². The number of benzene rings is 1. The van der Waals surface area contributed by atoms with Crippen molar-refractivity contribution in [3.8, 4) is 5.75 Å². The number of H-pyrrole nitrogens is 1. The van der Waals surface area contributed by atoms with E-state index in [0.29, 0.717) is 11.8 Å². The summed E-state index contributed by atoms with van der Waals surface area (Å²) < 4.78 is 20.5. The standard InChI is InChI=1S/C22H30N2O2/c1-5-15-12-24-10-9-16-21-18(7-6-8-20(21)26-4)23-22(16)19(24)11-17(15)14(2)13-25-3/h6-8,13,15,17,19,23H,5,9-12H2,1-4H3/p+1/b14-13-/t15-,17-,19+/m1/s1/i19D. The number of ether oxygens (including phenoxy) is 2. The van der Waals surface area contributed by atoms with Gasteiger partial charge in [0.25, 0.3) is 0 Å². The second kappa shape index (κ2) is 6.99. The van der Waals surface area contributed by atoms with Gasteiger partial charge in [-0.1, -0.05) is 13.0 Å². The molecule has 0 aliphatic carbocycles. The van der Waals surface area contributed by atoms with Crippen LogP contribution in [-0.4, -0.2) is 32.3 Å². The van der Waals surface area contributed by atoms with E-state index in [-0.39, 0.29) is 0 Å². The van der Waals surface area contributed by atoms with E-state index >= 15 is 0 Å². The Labute approximate surface area is 157 Å². The summed E-state index contributed by atoms with van der Waals surface area (Å²) in [6.07, 6.45) is 4.85. The summed E-state index contributed by atoms with van der Waals surface area (Å²) in [5, 5.41) is 1.17. The maximum absolute atomic E-state index is 9.56. The SMILES string of the molecule is [2H][C@@]12C[C@H](/C(C)=C\OC)[C@H](CC)C[NH+]1CCc1c2[nH]c2cccc(OC)c12.